The van der Waals surface area contributed by atoms with Crippen LogP contribution >= 0.6 is 0 Å². The first kappa shape index (κ1) is 19.2. The standard InChI is InChI=1S/C22H28N2O3/c1-16(17-8-6-5-7-9-17)23(2)15-22(25)24-11-10-18-12-20(26-3)21(27-4)13-19(18)14-24/h5-9,12-13,16H,10-11,14-15H2,1-4H3. The van der Waals surface area contributed by atoms with Gasteiger partial charge in [0.05, 0.1) is 20.8 Å². The minimum absolute atomic E-state index is 0.153. The highest BCUT2D eigenvalue weighted by Crippen LogP contribution is 2.33. The molecule has 0 N–H and O–H groups in total. The average Bonchev–Trinajstić information content (AvgIpc) is 2.72. The fourth-order valence-electron chi connectivity index (χ4n) is 3.53. The van der Waals surface area contributed by atoms with Crippen LogP contribution in [0.3, 0.4) is 0 Å². The Balaban J connectivity index is 1.67. The van der Waals surface area contributed by atoms with E-state index in [-0.39, 0.29) is 11.9 Å². The summed E-state index contributed by atoms with van der Waals surface area (Å²) in [6.45, 7) is 3.88. The van der Waals surface area contributed by atoms with Crippen molar-refractivity contribution in [1.29, 1.82) is 0 Å². The first-order valence-corrected chi connectivity index (χ1v) is 9.30. The summed E-state index contributed by atoms with van der Waals surface area (Å²) in [6, 6.07) is 14.5. The smallest absolute Gasteiger partial charge is 0.237 e. The van der Waals surface area contributed by atoms with Crippen LogP contribution < -0.4 is 9.47 Å². The summed E-state index contributed by atoms with van der Waals surface area (Å²) in [5.41, 5.74) is 3.57. The third-order valence-corrected chi connectivity index (χ3v) is 5.40. The molecule has 5 nitrogen and oxygen atoms in total. The summed E-state index contributed by atoms with van der Waals surface area (Å²) in [5.74, 6) is 1.61. The Labute approximate surface area is 161 Å². The van der Waals surface area contributed by atoms with Gasteiger partial charge in [0.2, 0.25) is 5.91 Å². The van der Waals surface area contributed by atoms with Crippen LogP contribution in [0.5, 0.6) is 11.5 Å². The van der Waals surface area contributed by atoms with Crippen LogP contribution in [0.25, 0.3) is 0 Å². The molecule has 0 bridgehead atoms. The second-order valence-electron chi connectivity index (χ2n) is 7.04. The molecule has 144 valence electrons. The molecule has 0 radical (unpaired) electrons. The maximum atomic E-state index is 12.9. The van der Waals surface area contributed by atoms with Crippen molar-refractivity contribution >= 4 is 5.91 Å². The summed E-state index contributed by atoms with van der Waals surface area (Å²) in [5, 5.41) is 0. The molecule has 27 heavy (non-hydrogen) atoms. The van der Waals surface area contributed by atoms with Gasteiger partial charge in [-0.1, -0.05) is 30.3 Å². The minimum atomic E-state index is 0.153. The van der Waals surface area contributed by atoms with Crippen LogP contribution in [0.4, 0.5) is 0 Å². The van der Waals surface area contributed by atoms with Gasteiger partial charge in [0, 0.05) is 19.1 Å². The van der Waals surface area contributed by atoms with E-state index < -0.39 is 0 Å². The zero-order valence-corrected chi connectivity index (χ0v) is 16.6. The second-order valence-corrected chi connectivity index (χ2v) is 7.04. The van der Waals surface area contributed by atoms with Gasteiger partial charge in [-0.25, -0.2) is 0 Å². The van der Waals surface area contributed by atoms with Crippen LogP contribution in [0.2, 0.25) is 0 Å². The number of methoxy groups -OCH3 is 2. The van der Waals surface area contributed by atoms with Gasteiger partial charge in [-0.3, -0.25) is 9.69 Å². The highest BCUT2D eigenvalue weighted by atomic mass is 16.5. The number of benzene rings is 2. The zero-order valence-electron chi connectivity index (χ0n) is 16.6. The van der Waals surface area contributed by atoms with Crippen molar-refractivity contribution < 1.29 is 14.3 Å². The van der Waals surface area contributed by atoms with Crippen LogP contribution in [0.15, 0.2) is 42.5 Å². The van der Waals surface area contributed by atoms with E-state index in [4.69, 9.17) is 9.47 Å². The summed E-state index contributed by atoms with van der Waals surface area (Å²) >= 11 is 0. The van der Waals surface area contributed by atoms with Gasteiger partial charge in [0.1, 0.15) is 0 Å². The number of rotatable bonds is 6. The van der Waals surface area contributed by atoms with Crippen molar-refractivity contribution in [2.45, 2.75) is 25.9 Å². The first-order chi connectivity index (χ1) is 13.0. The van der Waals surface area contributed by atoms with Crippen LogP contribution in [0, 0.1) is 0 Å². The second kappa shape index (κ2) is 8.44. The van der Waals surface area contributed by atoms with Gasteiger partial charge in [0.25, 0.3) is 0 Å². The number of amides is 1. The number of carbonyl (C=O) groups is 1. The van der Waals surface area contributed by atoms with Gasteiger partial charge in [-0.2, -0.15) is 0 Å². The third kappa shape index (κ3) is 4.25. The lowest BCUT2D eigenvalue weighted by molar-refractivity contribution is -0.133. The van der Waals surface area contributed by atoms with Crippen molar-refractivity contribution in [2.24, 2.45) is 0 Å². The Kier molecular flexibility index (Phi) is 6.01. The number of ether oxygens (including phenoxy) is 2. The molecule has 0 aromatic heterocycles. The highest BCUT2D eigenvalue weighted by molar-refractivity contribution is 5.78. The average molecular weight is 368 g/mol. The fraction of sp³-hybridized carbons (Fsp3) is 0.409. The van der Waals surface area contributed by atoms with Crippen LogP contribution in [-0.4, -0.2) is 50.1 Å². The summed E-state index contributed by atoms with van der Waals surface area (Å²) in [7, 11) is 5.28. The van der Waals surface area contributed by atoms with E-state index in [1.54, 1.807) is 14.2 Å². The molecule has 0 fully saturated rings. The molecule has 2 aromatic carbocycles. The number of hydrogen-bond donors (Lipinski definition) is 0. The Morgan fingerprint density at radius 2 is 1.74 bits per heavy atom. The van der Waals surface area contributed by atoms with E-state index >= 15 is 0 Å². The molecule has 1 aliphatic heterocycles. The molecule has 0 saturated heterocycles. The van der Waals surface area contributed by atoms with Crippen LogP contribution in [0.1, 0.15) is 29.7 Å². The molecule has 2 aromatic rings. The number of fused-ring (bicyclic) bond motifs is 1. The Hall–Kier alpha value is -2.53. The normalized spacial score (nSPS) is 14.6. The Morgan fingerprint density at radius 3 is 2.37 bits per heavy atom. The lowest BCUT2D eigenvalue weighted by atomic mass is 9.98. The van der Waals surface area contributed by atoms with E-state index in [0.29, 0.717) is 18.8 Å². The molecule has 1 amide bonds. The molecule has 1 unspecified atom stereocenters. The molecule has 3 rings (SSSR count). The van der Waals surface area contributed by atoms with Crippen molar-refractivity contribution in [2.75, 3.05) is 34.4 Å². The predicted molar refractivity (Wildman–Crippen MR) is 106 cm³/mol. The lowest BCUT2D eigenvalue weighted by Gasteiger charge is -2.32. The van der Waals surface area contributed by atoms with Crippen molar-refractivity contribution in [3.8, 4) is 11.5 Å². The van der Waals surface area contributed by atoms with E-state index in [9.17, 15) is 4.79 Å². The SMILES string of the molecule is COc1cc2c(cc1OC)CN(C(=O)CN(C)C(C)c1ccccc1)CC2. The molecule has 1 aliphatic rings. The van der Waals surface area contributed by atoms with Gasteiger partial charge in [-0.05, 0) is 49.2 Å². The topological polar surface area (TPSA) is 42.0 Å². The Morgan fingerprint density at radius 1 is 1.11 bits per heavy atom. The number of nitrogens with zero attached hydrogens (tertiary/aromatic N) is 2. The fourth-order valence-corrected chi connectivity index (χ4v) is 3.53. The van der Waals surface area contributed by atoms with Crippen LogP contribution in [-0.2, 0) is 17.8 Å². The van der Waals surface area contributed by atoms with E-state index in [0.717, 1.165) is 24.3 Å². The maximum absolute atomic E-state index is 12.9. The van der Waals surface area contributed by atoms with Gasteiger partial charge in [0.15, 0.2) is 11.5 Å². The maximum Gasteiger partial charge on any atom is 0.237 e. The molecule has 1 atom stereocenters. The highest BCUT2D eigenvalue weighted by Gasteiger charge is 2.24. The molecular formula is C22H28N2O3. The summed E-state index contributed by atoms with van der Waals surface area (Å²) in [4.78, 5) is 16.9. The van der Waals surface area contributed by atoms with E-state index in [1.807, 2.05) is 42.3 Å². The predicted octanol–water partition coefficient (Wildman–Crippen LogP) is 3.28. The largest absolute Gasteiger partial charge is 0.493 e. The molecule has 5 heteroatoms. The third-order valence-electron chi connectivity index (χ3n) is 5.40. The number of likely N-dealkylation sites (N-methyl/N-ethyl adjacent to an activating group) is 1. The zero-order chi connectivity index (χ0) is 19.4. The molecular weight excluding hydrogens is 340 g/mol. The summed E-state index contributed by atoms with van der Waals surface area (Å²) in [6.07, 6.45) is 0.833. The van der Waals surface area contributed by atoms with Gasteiger partial charge in [-0.15, -0.1) is 0 Å². The van der Waals surface area contributed by atoms with Gasteiger partial charge >= 0.3 is 0 Å². The van der Waals surface area contributed by atoms with E-state index in [2.05, 4.69) is 24.0 Å². The minimum Gasteiger partial charge on any atom is -0.493 e. The van der Waals surface area contributed by atoms with E-state index in [1.165, 1.54) is 11.1 Å². The molecule has 0 spiro atoms. The molecule has 1 heterocycles. The lowest BCUT2D eigenvalue weighted by Crippen LogP contribution is -2.42. The quantitative estimate of drug-likeness (QED) is 0.785. The summed E-state index contributed by atoms with van der Waals surface area (Å²) < 4.78 is 10.8. The monoisotopic (exact) mass is 368 g/mol. The van der Waals surface area contributed by atoms with Crippen molar-refractivity contribution in [3.63, 3.8) is 0 Å². The molecule has 0 aliphatic carbocycles. The molecule has 0 saturated carbocycles. The number of carbonyl (C=O) groups excluding carboxylic acids is 1. The van der Waals surface area contributed by atoms with Crippen molar-refractivity contribution in [3.05, 3.63) is 59.2 Å². The Bertz CT molecular complexity index is 792. The number of hydrogen-bond acceptors (Lipinski definition) is 4. The van der Waals surface area contributed by atoms with Crippen molar-refractivity contribution in [1.82, 2.24) is 9.80 Å². The first-order valence-electron chi connectivity index (χ1n) is 9.30. The van der Waals surface area contributed by atoms with Gasteiger partial charge < -0.3 is 14.4 Å².